The monoisotopic (exact) mass is 344 g/mol. The van der Waals surface area contributed by atoms with E-state index in [1.165, 1.54) is 12.1 Å². The summed E-state index contributed by atoms with van der Waals surface area (Å²) < 4.78 is 27.1. The van der Waals surface area contributed by atoms with Crippen LogP contribution in [-0.4, -0.2) is 11.1 Å². The maximum Gasteiger partial charge on any atom is 0.335 e. The van der Waals surface area contributed by atoms with Crippen molar-refractivity contribution in [2.75, 3.05) is 0 Å². The lowest BCUT2D eigenvalue weighted by Gasteiger charge is -2.06. The third-order valence-electron chi connectivity index (χ3n) is 2.29. The number of benzene rings is 2. The Morgan fingerprint density at radius 1 is 1.11 bits per heavy atom. The van der Waals surface area contributed by atoms with Crippen molar-refractivity contribution < 1.29 is 18.7 Å². The normalized spacial score (nSPS) is 10.5. The van der Waals surface area contributed by atoms with Gasteiger partial charge in [-0.05, 0) is 52.3 Å². The fourth-order valence-corrected chi connectivity index (χ4v) is 2.88. The highest BCUT2D eigenvalue weighted by atomic mass is 79.9. The van der Waals surface area contributed by atoms with Crippen LogP contribution in [0.15, 0.2) is 50.7 Å². The SMILES string of the molecule is O=C(O)c1ccc(Sc2cc(F)ccc2F)c(Br)c1. The zero-order chi connectivity index (χ0) is 14.0. The Morgan fingerprint density at radius 2 is 1.84 bits per heavy atom. The molecule has 19 heavy (non-hydrogen) atoms. The lowest BCUT2D eigenvalue weighted by atomic mass is 10.2. The third kappa shape index (κ3) is 3.33. The zero-order valence-corrected chi connectivity index (χ0v) is 11.8. The molecule has 0 aromatic heterocycles. The Kier molecular flexibility index (Phi) is 4.21. The van der Waals surface area contributed by atoms with Crippen LogP contribution in [0.5, 0.6) is 0 Å². The van der Waals surface area contributed by atoms with Gasteiger partial charge in [-0.15, -0.1) is 0 Å². The molecule has 0 amide bonds. The van der Waals surface area contributed by atoms with Crippen LogP contribution >= 0.6 is 27.7 Å². The van der Waals surface area contributed by atoms with Gasteiger partial charge in [0.2, 0.25) is 0 Å². The van der Waals surface area contributed by atoms with E-state index in [1.807, 2.05) is 0 Å². The number of halogens is 3. The van der Waals surface area contributed by atoms with Gasteiger partial charge in [0, 0.05) is 9.37 Å². The molecular weight excluding hydrogens is 338 g/mol. The molecule has 98 valence electrons. The number of hydrogen-bond donors (Lipinski definition) is 1. The number of hydrogen-bond acceptors (Lipinski definition) is 2. The maximum atomic E-state index is 13.5. The fraction of sp³-hybridized carbons (Fsp3) is 0. The van der Waals surface area contributed by atoms with Gasteiger partial charge in [0.05, 0.1) is 10.5 Å². The molecule has 0 bridgehead atoms. The third-order valence-corrected chi connectivity index (χ3v) is 4.32. The molecule has 2 aromatic rings. The molecule has 6 heteroatoms. The molecule has 0 saturated heterocycles. The van der Waals surface area contributed by atoms with Gasteiger partial charge in [0.1, 0.15) is 11.6 Å². The number of carbonyl (C=O) groups is 1. The lowest BCUT2D eigenvalue weighted by molar-refractivity contribution is 0.0696. The van der Waals surface area contributed by atoms with Crippen molar-refractivity contribution >= 4 is 33.7 Å². The minimum Gasteiger partial charge on any atom is -0.478 e. The molecular formula is C13H7BrF2O2S. The predicted molar refractivity (Wildman–Crippen MR) is 71.6 cm³/mol. The van der Waals surface area contributed by atoms with Crippen molar-refractivity contribution in [3.63, 3.8) is 0 Å². The minimum atomic E-state index is -1.05. The van der Waals surface area contributed by atoms with E-state index in [1.54, 1.807) is 6.07 Å². The van der Waals surface area contributed by atoms with Crippen LogP contribution in [0, 0.1) is 11.6 Å². The van der Waals surface area contributed by atoms with Gasteiger partial charge in [-0.25, -0.2) is 13.6 Å². The van der Waals surface area contributed by atoms with Gasteiger partial charge < -0.3 is 5.11 Å². The van der Waals surface area contributed by atoms with Crippen LogP contribution in [0.25, 0.3) is 0 Å². The van der Waals surface area contributed by atoms with Crippen LogP contribution in [0.1, 0.15) is 10.4 Å². The van der Waals surface area contributed by atoms with Crippen molar-refractivity contribution in [2.24, 2.45) is 0 Å². The van der Waals surface area contributed by atoms with Crippen LogP contribution < -0.4 is 0 Å². The van der Waals surface area contributed by atoms with E-state index in [0.29, 0.717) is 9.37 Å². The first-order chi connectivity index (χ1) is 8.97. The van der Waals surface area contributed by atoms with E-state index in [4.69, 9.17) is 5.11 Å². The smallest absolute Gasteiger partial charge is 0.335 e. The Balaban J connectivity index is 2.33. The predicted octanol–water partition coefficient (Wildman–Crippen LogP) is 4.58. The van der Waals surface area contributed by atoms with E-state index >= 15 is 0 Å². The zero-order valence-electron chi connectivity index (χ0n) is 9.36. The second-order valence-corrected chi connectivity index (χ2v) is 5.57. The van der Waals surface area contributed by atoms with Crippen molar-refractivity contribution in [3.8, 4) is 0 Å². The van der Waals surface area contributed by atoms with Gasteiger partial charge in [0.25, 0.3) is 0 Å². The number of carboxylic acid groups (broad SMARTS) is 1. The highest BCUT2D eigenvalue weighted by Gasteiger charge is 2.11. The van der Waals surface area contributed by atoms with Crippen molar-refractivity contribution in [1.29, 1.82) is 0 Å². The number of aromatic carboxylic acids is 1. The molecule has 0 aliphatic rings. The second-order valence-electron chi connectivity index (χ2n) is 3.63. The highest BCUT2D eigenvalue weighted by Crippen LogP contribution is 2.35. The standard InChI is InChI=1S/C13H7BrF2O2S/c14-9-5-7(13(17)18)1-4-11(9)19-12-6-8(15)2-3-10(12)16/h1-6H,(H,17,18). The molecule has 2 aromatic carbocycles. The largest absolute Gasteiger partial charge is 0.478 e. The van der Waals surface area contributed by atoms with Gasteiger partial charge in [-0.2, -0.15) is 0 Å². The first-order valence-electron chi connectivity index (χ1n) is 5.13. The van der Waals surface area contributed by atoms with Crippen LogP contribution in [0.4, 0.5) is 8.78 Å². The summed E-state index contributed by atoms with van der Waals surface area (Å²) >= 11 is 4.24. The molecule has 0 unspecified atom stereocenters. The summed E-state index contributed by atoms with van der Waals surface area (Å²) in [7, 11) is 0. The number of carboxylic acids is 1. The summed E-state index contributed by atoms with van der Waals surface area (Å²) in [4.78, 5) is 11.5. The van der Waals surface area contributed by atoms with E-state index in [9.17, 15) is 13.6 Å². The summed E-state index contributed by atoms with van der Waals surface area (Å²) in [5.41, 5.74) is 0.121. The highest BCUT2D eigenvalue weighted by molar-refractivity contribution is 9.10. The summed E-state index contributed by atoms with van der Waals surface area (Å²) in [6.07, 6.45) is 0. The molecule has 0 saturated carbocycles. The summed E-state index contributed by atoms with van der Waals surface area (Å²) in [6.45, 7) is 0. The van der Waals surface area contributed by atoms with Gasteiger partial charge in [-0.1, -0.05) is 11.8 Å². The molecule has 1 N–H and O–H groups in total. The van der Waals surface area contributed by atoms with E-state index in [-0.39, 0.29) is 10.5 Å². The molecule has 0 aliphatic carbocycles. The molecule has 0 spiro atoms. The van der Waals surface area contributed by atoms with Crippen molar-refractivity contribution in [2.45, 2.75) is 9.79 Å². The average Bonchev–Trinajstić information content (AvgIpc) is 2.36. The summed E-state index contributed by atoms with van der Waals surface area (Å²) in [5.74, 6) is -2.10. The van der Waals surface area contributed by atoms with E-state index in [0.717, 1.165) is 30.0 Å². The van der Waals surface area contributed by atoms with E-state index in [2.05, 4.69) is 15.9 Å². The van der Waals surface area contributed by atoms with Gasteiger partial charge in [0.15, 0.2) is 0 Å². The Hall–Kier alpha value is -1.40. The van der Waals surface area contributed by atoms with Crippen molar-refractivity contribution in [1.82, 2.24) is 0 Å². The second kappa shape index (κ2) is 5.71. The topological polar surface area (TPSA) is 37.3 Å². The van der Waals surface area contributed by atoms with Crippen LogP contribution in [0.3, 0.4) is 0 Å². The Labute approximate surface area is 120 Å². The summed E-state index contributed by atoms with van der Waals surface area (Å²) in [5, 5.41) is 8.83. The average molecular weight is 345 g/mol. The molecule has 0 aliphatic heterocycles. The molecule has 2 nitrogen and oxygen atoms in total. The van der Waals surface area contributed by atoms with Crippen LogP contribution in [-0.2, 0) is 0 Å². The quantitative estimate of drug-likeness (QED) is 0.885. The Morgan fingerprint density at radius 3 is 2.47 bits per heavy atom. The molecule has 2 rings (SSSR count). The van der Waals surface area contributed by atoms with Crippen molar-refractivity contribution in [3.05, 3.63) is 58.1 Å². The molecule has 0 radical (unpaired) electrons. The first kappa shape index (κ1) is 14.0. The van der Waals surface area contributed by atoms with E-state index < -0.39 is 17.6 Å². The van der Waals surface area contributed by atoms with Gasteiger partial charge >= 0.3 is 5.97 Å². The van der Waals surface area contributed by atoms with Crippen LogP contribution in [0.2, 0.25) is 0 Å². The fourth-order valence-electron chi connectivity index (χ4n) is 1.39. The molecule has 0 atom stereocenters. The number of rotatable bonds is 3. The maximum absolute atomic E-state index is 13.5. The molecule has 0 fully saturated rings. The lowest BCUT2D eigenvalue weighted by Crippen LogP contribution is -1.95. The first-order valence-corrected chi connectivity index (χ1v) is 6.74. The summed E-state index contributed by atoms with van der Waals surface area (Å²) in [6, 6.07) is 7.56. The minimum absolute atomic E-state index is 0.121. The van der Waals surface area contributed by atoms with Gasteiger partial charge in [-0.3, -0.25) is 0 Å². The molecule has 0 heterocycles. The Bertz CT molecular complexity index is 647.